The molecule has 0 saturated heterocycles. The van der Waals surface area contributed by atoms with Crippen LogP contribution < -0.4 is 0 Å². The van der Waals surface area contributed by atoms with Gasteiger partial charge in [-0.15, -0.1) is 54.1 Å². The molecule has 8 rings (SSSR count). The molecule has 8 aromatic rings. The maximum absolute atomic E-state index is 6.30. The van der Waals surface area contributed by atoms with Gasteiger partial charge in [-0.3, -0.25) is 0 Å². The maximum atomic E-state index is 6.30. The van der Waals surface area contributed by atoms with E-state index in [1.165, 1.54) is 22.3 Å². The van der Waals surface area contributed by atoms with Crippen LogP contribution in [0.2, 0.25) is 0 Å². The van der Waals surface area contributed by atoms with Crippen molar-refractivity contribution in [3.63, 3.8) is 0 Å². The first-order valence-corrected chi connectivity index (χ1v) is 15.8. The van der Waals surface area contributed by atoms with Crippen molar-refractivity contribution in [2.45, 2.75) is 26.7 Å². The van der Waals surface area contributed by atoms with Gasteiger partial charge in [0.05, 0.1) is 5.58 Å². The molecule has 237 valence electrons. The molecule has 0 bridgehead atoms. The van der Waals surface area contributed by atoms with E-state index in [-0.39, 0.29) is 20.1 Å². The Morgan fingerprint density at radius 1 is 0.625 bits per heavy atom. The van der Waals surface area contributed by atoms with Crippen LogP contribution >= 0.6 is 0 Å². The fourth-order valence-electron chi connectivity index (χ4n) is 5.94. The molecule has 4 heterocycles. The van der Waals surface area contributed by atoms with Crippen LogP contribution in [0.15, 0.2) is 144 Å². The molecule has 4 aromatic carbocycles. The largest absolute Gasteiger partial charge is 0.486 e. The van der Waals surface area contributed by atoms with E-state index in [4.69, 9.17) is 14.4 Å². The van der Waals surface area contributed by atoms with Gasteiger partial charge in [0.1, 0.15) is 0 Å². The van der Waals surface area contributed by atoms with Crippen LogP contribution in [0.3, 0.4) is 0 Å². The summed E-state index contributed by atoms with van der Waals surface area (Å²) in [5.74, 6) is 0. The van der Waals surface area contributed by atoms with Gasteiger partial charge in [-0.25, -0.2) is 4.98 Å². The Morgan fingerprint density at radius 2 is 1.44 bits per heavy atom. The third-order valence-corrected chi connectivity index (χ3v) is 8.31. The molecule has 0 aliphatic carbocycles. The summed E-state index contributed by atoms with van der Waals surface area (Å²) in [5.41, 5.74) is 12.4. The Hall–Kier alpha value is -5.22. The zero-order chi connectivity index (χ0) is 32.0. The number of furan rings is 1. The molecule has 4 nitrogen and oxygen atoms in total. The summed E-state index contributed by atoms with van der Waals surface area (Å²) in [6.07, 6.45) is 5.56. The van der Waals surface area contributed by atoms with Crippen molar-refractivity contribution in [2.24, 2.45) is 0 Å². The predicted molar refractivity (Wildman–Crippen MR) is 191 cm³/mol. The molecule has 0 atom stereocenters. The molecule has 0 amide bonds. The second kappa shape index (κ2) is 15.1. The Labute approximate surface area is 294 Å². The average molecular weight is 800 g/mol. The summed E-state index contributed by atoms with van der Waals surface area (Å²) in [5, 5.41) is 2.06. The van der Waals surface area contributed by atoms with E-state index in [1.807, 2.05) is 66.9 Å². The smallest absolute Gasteiger partial charge is 0.216 e. The molecule has 0 saturated carbocycles. The van der Waals surface area contributed by atoms with Crippen molar-refractivity contribution >= 4 is 22.1 Å². The zero-order valence-corrected chi connectivity index (χ0v) is 29.2. The monoisotopic (exact) mass is 800 g/mol. The molecule has 0 fully saturated rings. The summed E-state index contributed by atoms with van der Waals surface area (Å²) >= 11 is 0. The number of benzene rings is 4. The molecule has 0 unspecified atom stereocenters. The van der Waals surface area contributed by atoms with E-state index in [2.05, 4.69) is 97.7 Å². The predicted octanol–water partition coefficient (Wildman–Crippen LogP) is 10.5. The van der Waals surface area contributed by atoms with Crippen LogP contribution in [0.4, 0.5) is 0 Å². The van der Waals surface area contributed by atoms with Gasteiger partial charge >= 0.3 is 0 Å². The second-order valence-electron chi connectivity index (χ2n) is 11.5. The topological polar surface area (TPSA) is 51.8 Å². The number of hydrogen-bond acceptors (Lipinski definition) is 4. The van der Waals surface area contributed by atoms with E-state index in [0.717, 1.165) is 63.0 Å². The number of pyridine rings is 3. The van der Waals surface area contributed by atoms with Crippen molar-refractivity contribution in [1.29, 1.82) is 0 Å². The molecule has 1 radical (unpaired) electrons. The van der Waals surface area contributed by atoms with E-state index in [1.54, 1.807) is 6.20 Å². The van der Waals surface area contributed by atoms with Crippen LogP contribution in [-0.2, 0) is 32.9 Å². The Morgan fingerprint density at radius 3 is 2.17 bits per heavy atom. The minimum absolute atomic E-state index is 0. The van der Waals surface area contributed by atoms with Crippen LogP contribution in [0.25, 0.3) is 55.7 Å². The number of aromatic nitrogens is 3. The van der Waals surface area contributed by atoms with Crippen LogP contribution in [0.1, 0.15) is 22.4 Å². The molecule has 5 heteroatoms. The van der Waals surface area contributed by atoms with Gasteiger partial charge in [0.15, 0.2) is 0 Å². The normalized spacial score (nSPS) is 10.7. The fourth-order valence-corrected chi connectivity index (χ4v) is 5.94. The van der Waals surface area contributed by atoms with Crippen LogP contribution in [0, 0.1) is 26.0 Å². The molecule has 4 aromatic heterocycles. The van der Waals surface area contributed by atoms with E-state index >= 15 is 0 Å². The van der Waals surface area contributed by atoms with Crippen molar-refractivity contribution in [3.8, 4) is 33.6 Å². The van der Waals surface area contributed by atoms with Gasteiger partial charge in [0.25, 0.3) is 0 Å². The summed E-state index contributed by atoms with van der Waals surface area (Å²) in [6, 6.07) is 49.4. The van der Waals surface area contributed by atoms with Gasteiger partial charge < -0.3 is 14.4 Å². The number of nitrogens with zero attached hydrogens (tertiary/aromatic N) is 3. The van der Waals surface area contributed by atoms with Crippen molar-refractivity contribution < 1.29 is 24.5 Å². The molecular weight excluding hydrogens is 767 g/mol. The van der Waals surface area contributed by atoms with Gasteiger partial charge in [-0.1, -0.05) is 83.7 Å². The molecule has 0 aliphatic rings. The quantitative estimate of drug-likeness (QED) is 0.157. The average Bonchev–Trinajstić information content (AvgIpc) is 3.51. The summed E-state index contributed by atoms with van der Waals surface area (Å²) < 4.78 is 6.30. The van der Waals surface area contributed by atoms with E-state index in [0.29, 0.717) is 5.71 Å². The molecule has 0 spiro atoms. The SMILES string of the molecule is Cc1cccc(C)c1-c1ccc(-c2[c-]ccc3c2oc2nc(CCc4ccccc4)ccc23)nc1.[Ir].[c-]1ccccc1-c1ccccn1. The standard InChI is InChI=1S/C32H25N2O.C11H8N.Ir/c1-21-8-6-9-22(2)30(21)24-15-19-29(33-20-24)28-13-7-12-26-27-18-17-25(34-32(27)35-31(26)28)16-14-23-10-4-3-5-11-23;1-2-6-10(7-3-1)11-8-4-5-9-12-11;/h3-12,15,17-20H,14,16H2,1-2H3;1-6,8-9H;/q2*-1;. The van der Waals surface area contributed by atoms with Gasteiger partial charge in [0.2, 0.25) is 5.71 Å². The van der Waals surface area contributed by atoms with Crippen molar-refractivity contribution in [3.05, 3.63) is 174 Å². The molecule has 48 heavy (non-hydrogen) atoms. The first-order valence-electron chi connectivity index (χ1n) is 15.8. The third kappa shape index (κ3) is 7.18. The minimum atomic E-state index is 0. The second-order valence-corrected chi connectivity index (χ2v) is 11.5. The Balaban J connectivity index is 0.000000260. The molecule has 0 aliphatic heterocycles. The number of hydrogen-bond donors (Lipinski definition) is 0. The number of fused-ring (bicyclic) bond motifs is 3. The summed E-state index contributed by atoms with van der Waals surface area (Å²) in [7, 11) is 0. The third-order valence-electron chi connectivity index (χ3n) is 8.31. The van der Waals surface area contributed by atoms with Gasteiger partial charge in [-0.05, 0) is 84.1 Å². The number of rotatable bonds is 6. The minimum Gasteiger partial charge on any atom is -0.486 e. The first-order chi connectivity index (χ1) is 23.1. The fraction of sp³-hybridized carbons (Fsp3) is 0.0930. The maximum Gasteiger partial charge on any atom is 0.216 e. The Bertz CT molecular complexity index is 2190. The summed E-state index contributed by atoms with van der Waals surface area (Å²) in [6.45, 7) is 4.28. The van der Waals surface area contributed by atoms with Crippen LogP contribution in [0.5, 0.6) is 0 Å². The first kappa shape index (κ1) is 32.7. The van der Waals surface area contributed by atoms with E-state index < -0.39 is 0 Å². The van der Waals surface area contributed by atoms with Crippen molar-refractivity contribution in [2.75, 3.05) is 0 Å². The van der Waals surface area contributed by atoms with Crippen molar-refractivity contribution in [1.82, 2.24) is 15.0 Å². The number of aryl methyl sites for hydroxylation is 4. The molecule has 0 N–H and O–H groups in total. The van der Waals surface area contributed by atoms with Crippen LogP contribution in [-0.4, -0.2) is 15.0 Å². The zero-order valence-electron chi connectivity index (χ0n) is 26.8. The Kier molecular flexibility index (Phi) is 10.3. The van der Waals surface area contributed by atoms with E-state index in [9.17, 15) is 0 Å². The van der Waals surface area contributed by atoms with Gasteiger partial charge in [-0.2, -0.15) is 0 Å². The van der Waals surface area contributed by atoms with Gasteiger partial charge in [0, 0.05) is 43.6 Å². The molecular formula is C43H33IrN3O-2. The summed E-state index contributed by atoms with van der Waals surface area (Å²) in [4.78, 5) is 13.8.